The van der Waals surface area contributed by atoms with E-state index in [2.05, 4.69) is 31.3 Å². The molecule has 464 valence electrons. The molecule has 0 aromatic rings. The minimum absolute atomic E-state index is 0.0200. The zero-order valence-corrected chi connectivity index (χ0v) is 53.2. The van der Waals surface area contributed by atoms with Gasteiger partial charge >= 0.3 is 5.97 Å². The van der Waals surface area contributed by atoms with Crippen molar-refractivity contribution >= 4 is 11.9 Å². The number of carbonyl (C=O) groups excluding carboxylic acids is 2. The van der Waals surface area contributed by atoms with E-state index in [-0.39, 0.29) is 18.5 Å². The smallest absolute Gasteiger partial charge is 0.305 e. The molecule has 0 spiro atoms. The summed E-state index contributed by atoms with van der Waals surface area (Å²) in [5, 5.41) is 23.2. The minimum atomic E-state index is -0.657. The van der Waals surface area contributed by atoms with Gasteiger partial charge in [-0.3, -0.25) is 9.59 Å². The van der Waals surface area contributed by atoms with E-state index in [1.807, 2.05) is 0 Å². The largest absolute Gasteiger partial charge is 0.466 e. The maximum Gasteiger partial charge on any atom is 0.305 e. The van der Waals surface area contributed by atoms with Crippen LogP contribution in [0.3, 0.4) is 0 Å². The monoisotopic (exact) mass is 1100 g/mol. The van der Waals surface area contributed by atoms with E-state index in [1.54, 1.807) is 0 Å². The third kappa shape index (κ3) is 63.8. The van der Waals surface area contributed by atoms with Gasteiger partial charge in [0.25, 0.3) is 0 Å². The minimum Gasteiger partial charge on any atom is -0.466 e. The van der Waals surface area contributed by atoms with Crippen LogP contribution in [0.15, 0.2) is 12.2 Å². The van der Waals surface area contributed by atoms with Crippen molar-refractivity contribution in [2.75, 3.05) is 13.2 Å². The summed E-state index contributed by atoms with van der Waals surface area (Å²) in [4.78, 5) is 24.5. The first-order valence-electron chi connectivity index (χ1n) is 35.9. The van der Waals surface area contributed by atoms with E-state index in [0.717, 1.165) is 38.5 Å². The van der Waals surface area contributed by atoms with Crippen molar-refractivity contribution in [3.05, 3.63) is 12.2 Å². The molecule has 78 heavy (non-hydrogen) atoms. The molecule has 3 N–H and O–H groups in total. The molecule has 0 saturated carbocycles. The van der Waals surface area contributed by atoms with Gasteiger partial charge in [-0.2, -0.15) is 0 Å². The van der Waals surface area contributed by atoms with E-state index >= 15 is 0 Å². The summed E-state index contributed by atoms with van der Waals surface area (Å²) in [5.41, 5.74) is 0. The number of aliphatic hydroxyl groups excluding tert-OH is 2. The molecule has 0 rings (SSSR count). The average molecular weight is 1100 g/mol. The molecule has 0 aliphatic heterocycles. The summed E-state index contributed by atoms with van der Waals surface area (Å²) in [5.74, 6) is -0.00988. The Morgan fingerprint density at radius 3 is 0.910 bits per heavy atom. The summed E-state index contributed by atoms with van der Waals surface area (Å²) < 4.78 is 5.51. The van der Waals surface area contributed by atoms with Crippen molar-refractivity contribution in [1.29, 1.82) is 0 Å². The molecule has 1 amide bonds. The molecule has 6 nitrogen and oxygen atoms in total. The Kier molecular flexibility index (Phi) is 66.9. The zero-order chi connectivity index (χ0) is 56.4. The number of hydrogen-bond donors (Lipinski definition) is 3. The topological polar surface area (TPSA) is 95.9 Å². The number of esters is 1. The highest BCUT2D eigenvalue weighted by atomic mass is 16.5. The van der Waals surface area contributed by atoms with E-state index < -0.39 is 12.1 Å². The second-order valence-electron chi connectivity index (χ2n) is 24.9. The lowest BCUT2D eigenvalue weighted by Crippen LogP contribution is -2.45. The second-order valence-corrected chi connectivity index (χ2v) is 24.9. The van der Waals surface area contributed by atoms with Gasteiger partial charge in [0.1, 0.15) is 0 Å². The lowest BCUT2D eigenvalue weighted by molar-refractivity contribution is -0.143. The maximum atomic E-state index is 12.4. The molecular formula is C72H141NO5. The Bertz CT molecular complexity index is 1180. The van der Waals surface area contributed by atoms with Crippen molar-refractivity contribution in [1.82, 2.24) is 5.32 Å². The van der Waals surface area contributed by atoms with Gasteiger partial charge in [-0.15, -0.1) is 0 Å². The maximum absolute atomic E-state index is 12.4. The molecule has 0 bridgehead atoms. The molecule has 0 fully saturated rings. The number of amides is 1. The van der Waals surface area contributed by atoms with Gasteiger partial charge in [0, 0.05) is 12.8 Å². The fourth-order valence-corrected chi connectivity index (χ4v) is 11.6. The highest BCUT2D eigenvalue weighted by Gasteiger charge is 2.20. The summed E-state index contributed by atoms with van der Waals surface area (Å²) in [6.45, 7) is 4.96. The highest BCUT2D eigenvalue weighted by Crippen LogP contribution is 2.19. The standard InChI is InChI=1S/C72H141NO5/c1-3-5-7-9-11-13-14-15-16-36-40-43-46-50-54-58-62-66-72(77)78-67-63-59-55-51-47-44-41-38-35-33-31-29-27-25-23-21-19-17-18-20-22-24-26-28-30-32-34-37-39-42-45-49-53-57-61-65-71(76)73-69(68-74)70(75)64-60-56-52-48-12-10-8-6-4-2/h15-16,69-70,74-75H,3-14,17-68H2,1-2H3,(H,73,76)/b16-15-. The lowest BCUT2D eigenvalue weighted by Gasteiger charge is -2.22. The summed E-state index contributed by atoms with van der Waals surface area (Å²) in [6.07, 6.45) is 84.4. The summed E-state index contributed by atoms with van der Waals surface area (Å²) >= 11 is 0. The number of unbranched alkanes of at least 4 members (excludes halogenated alkanes) is 55. The first-order chi connectivity index (χ1) is 38.5. The third-order valence-electron chi connectivity index (χ3n) is 17.1. The predicted molar refractivity (Wildman–Crippen MR) is 343 cm³/mol. The van der Waals surface area contributed by atoms with Crippen molar-refractivity contribution in [3.8, 4) is 0 Å². The van der Waals surface area contributed by atoms with Crippen LogP contribution in [0.2, 0.25) is 0 Å². The fraction of sp³-hybridized carbons (Fsp3) is 0.944. The van der Waals surface area contributed by atoms with Crippen LogP contribution in [0.1, 0.15) is 412 Å². The quantitative estimate of drug-likeness (QED) is 0.0320. The molecule has 0 radical (unpaired) electrons. The fourth-order valence-electron chi connectivity index (χ4n) is 11.6. The van der Waals surface area contributed by atoms with Gasteiger partial charge in [-0.05, 0) is 51.4 Å². The Labute approximate surface area is 489 Å². The zero-order valence-electron chi connectivity index (χ0n) is 53.2. The van der Waals surface area contributed by atoms with Crippen LogP contribution >= 0.6 is 0 Å². The molecule has 0 saturated heterocycles. The van der Waals surface area contributed by atoms with Gasteiger partial charge in [0.15, 0.2) is 0 Å². The van der Waals surface area contributed by atoms with Gasteiger partial charge < -0.3 is 20.3 Å². The molecule has 0 heterocycles. The number of allylic oxidation sites excluding steroid dienone is 2. The highest BCUT2D eigenvalue weighted by molar-refractivity contribution is 5.76. The van der Waals surface area contributed by atoms with Gasteiger partial charge in [0.2, 0.25) is 5.91 Å². The van der Waals surface area contributed by atoms with Crippen LogP contribution in [0, 0.1) is 0 Å². The van der Waals surface area contributed by atoms with Gasteiger partial charge in [0.05, 0.1) is 25.4 Å². The Balaban J connectivity index is 3.26. The molecule has 6 heteroatoms. The predicted octanol–water partition coefficient (Wildman–Crippen LogP) is 23.1. The normalized spacial score (nSPS) is 12.5. The first-order valence-corrected chi connectivity index (χ1v) is 35.9. The van der Waals surface area contributed by atoms with Crippen molar-refractivity contribution in [2.45, 2.75) is 424 Å². The molecule has 2 atom stereocenters. The van der Waals surface area contributed by atoms with E-state index in [1.165, 1.54) is 340 Å². The van der Waals surface area contributed by atoms with Crippen LogP contribution in [0.25, 0.3) is 0 Å². The van der Waals surface area contributed by atoms with Crippen molar-refractivity contribution in [2.24, 2.45) is 0 Å². The Morgan fingerprint density at radius 1 is 0.346 bits per heavy atom. The number of ether oxygens (including phenoxy) is 1. The number of carbonyl (C=O) groups is 2. The second kappa shape index (κ2) is 68.1. The average Bonchev–Trinajstić information content (AvgIpc) is 3.44. The summed E-state index contributed by atoms with van der Waals surface area (Å²) in [7, 11) is 0. The first kappa shape index (κ1) is 76.6. The van der Waals surface area contributed by atoms with Gasteiger partial charge in [-0.1, -0.05) is 360 Å². The third-order valence-corrected chi connectivity index (χ3v) is 17.1. The molecular weight excluding hydrogens is 959 g/mol. The molecule has 0 aromatic carbocycles. The van der Waals surface area contributed by atoms with Crippen molar-refractivity contribution in [3.63, 3.8) is 0 Å². The van der Waals surface area contributed by atoms with Crippen molar-refractivity contribution < 1.29 is 24.5 Å². The molecule has 2 unspecified atom stereocenters. The van der Waals surface area contributed by atoms with Gasteiger partial charge in [-0.25, -0.2) is 0 Å². The number of aliphatic hydroxyl groups is 2. The number of nitrogens with one attached hydrogen (secondary N) is 1. The van der Waals surface area contributed by atoms with Crippen LogP contribution in [-0.4, -0.2) is 47.4 Å². The van der Waals surface area contributed by atoms with E-state index in [0.29, 0.717) is 25.9 Å². The van der Waals surface area contributed by atoms with E-state index in [9.17, 15) is 19.8 Å². The molecule has 0 aliphatic rings. The Morgan fingerprint density at radius 2 is 0.603 bits per heavy atom. The van der Waals surface area contributed by atoms with E-state index in [4.69, 9.17) is 4.74 Å². The Hall–Kier alpha value is -1.40. The SMILES string of the molecule is CCCCCCCC/C=C\CCCCCCCCCC(=O)OCCCCCCCCCCCCCCCCCCCCCCCCCCCCCCCCCCCCCC(=O)NC(CO)C(O)CCCCCCCCCCC. The molecule has 0 aliphatic carbocycles. The number of rotatable bonds is 68. The van der Waals surface area contributed by atoms with Crippen LogP contribution < -0.4 is 5.32 Å². The number of hydrogen-bond acceptors (Lipinski definition) is 5. The lowest BCUT2D eigenvalue weighted by atomic mass is 10.0. The molecule has 0 aromatic heterocycles. The van der Waals surface area contributed by atoms with Crippen LogP contribution in [0.5, 0.6) is 0 Å². The summed E-state index contributed by atoms with van der Waals surface area (Å²) in [6, 6.07) is -0.534. The van der Waals surface area contributed by atoms with Crippen LogP contribution in [0.4, 0.5) is 0 Å². The van der Waals surface area contributed by atoms with Crippen LogP contribution in [-0.2, 0) is 14.3 Å².